The predicted octanol–water partition coefficient (Wildman–Crippen LogP) is 2.39. The molecule has 118 valence electrons. The standard InChI is InChI=1S/C14H18F4N2O/c15-13-7-11(14(16,17)18)2-1-10(13)8-20-5-6-21-12(9-20)3-4-19/h1-2,7,12H,3-6,8-9,19H2/t12-/m0/s1. The van der Waals surface area contributed by atoms with Gasteiger partial charge in [-0.25, -0.2) is 4.39 Å². The van der Waals surface area contributed by atoms with Gasteiger partial charge in [0.2, 0.25) is 0 Å². The molecule has 21 heavy (non-hydrogen) atoms. The van der Waals surface area contributed by atoms with Crippen molar-refractivity contribution in [3.63, 3.8) is 0 Å². The van der Waals surface area contributed by atoms with E-state index >= 15 is 0 Å². The molecule has 1 aromatic carbocycles. The largest absolute Gasteiger partial charge is 0.416 e. The summed E-state index contributed by atoms with van der Waals surface area (Å²) in [5.41, 5.74) is 4.77. The highest BCUT2D eigenvalue weighted by atomic mass is 19.4. The van der Waals surface area contributed by atoms with E-state index in [9.17, 15) is 17.6 Å². The molecule has 2 N–H and O–H groups in total. The number of nitrogens with zero attached hydrogens (tertiary/aromatic N) is 1. The summed E-state index contributed by atoms with van der Waals surface area (Å²) in [5, 5.41) is 0. The number of ether oxygens (including phenoxy) is 1. The lowest BCUT2D eigenvalue weighted by atomic mass is 10.1. The van der Waals surface area contributed by atoms with Crippen molar-refractivity contribution < 1.29 is 22.3 Å². The Balaban J connectivity index is 2.02. The molecule has 0 spiro atoms. The molecule has 0 saturated carbocycles. The van der Waals surface area contributed by atoms with Crippen molar-refractivity contribution >= 4 is 0 Å². The van der Waals surface area contributed by atoms with Gasteiger partial charge in [0, 0.05) is 25.2 Å². The van der Waals surface area contributed by atoms with Crippen LogP contribution < -0.4 is 5.73 Å². The number of rotatable bonds is 4. The summed E-state index contributed by atoms with van der Waals surface area (Å²) in [4.78, 5) is 1.97. The van der Waals surface area contributed by atoms with Gasteiger partial charge in [0.1, 0.15) is 5.82 Å². The lowest BCUT2D eigenvalue weighted by molar-refractivity contribution is -0.137. The van der Waals surface area contributed by atoms with Crippen LogP contribution in [0.15, 0.2) is 18.2 Å². The Kier molecular flexibility index (Phi) is 5.18. The minimum Gasteiger partial charge on any atom is -0.376 e. The third kappa shape index (κ3) is 4.39. The molecule has 1 saturated heterocycles. The van der Waals surface area contributed by atoms with Gasteiger partial charge in [0.15, 0.2) is 0 Å². The Bertz CT molecular complexity index is 477. The summed E-state index contributed by atoms with van der Waals surface area (Å²) in [7, 11) is 0. The van der Waals surface area contributed by atoms with Crippen LogP contribution in [0.1, 0.15) is 17.5 Å². The number of halogens is 4. The van der Waals surface area contributed by atoms with Crippen molar-refractivity contribution in [1.29, 1.82) is 0 Å². The minimum atomic E-state index is -4.52. The van der Waals surface area contributed by atoms with Gasteiger partial charge in [0.05, 0.1) is 18.3 Å². The number of hydrogen-bond acceptors (Lipinski definition) is 3. The Hall–Kier alpha value is -1.18. The molecule has 0 bridgehead atoms. The van der Waals surface area contributed by atoms with Crippen molar-refractivity contribution in [1.82, 2.24) is 4.90 Å². The number of nitrogens with two attached hydrogens (primary N) is 1. The van der Waals surface area contributed by atoms with Gasteiger partial charge in [-0.2, -0.15) is 13.2 Å². The molecule has 1 fully saturated rings. The monoisotopic (exact) mass is 306 g/mol. The first-order valence-electron chi connectivity index (χ1n) is 6.80. The second-order valence-corrected chi connectivity index (χ2v) is 5.11. The van der Waals surface area contributed by atoms with Gasteiger partial charge in [0.25, 0.3) is 0 Å². The lowest BCUT2D eigenvalue weighted by Gasteiger charge is -2.32. The summed E-state index contributed by atoms with van der Waals surface area (Å²) in [6, 6.07) is 2.66. The smallest absolute Gasteiger partial charge is 0.376 e. The average Bonchev–Trinajstić information content (AvgIpc) is 2.41. The molecule has 3 nitrogen and oxygen atoms in total. The number of benzene rings is 1. The van der Waals surface area contributed by atoms with Crippen LogP contribution in [-0.4, -0.2) is 37.2 Å². The van der Waals surface area contributed by atoms with Crippen molar-refractivity contribution in [3.05, 3.63) is 35.1 Å². The Morgan fingerprint density at radius 2 is 2.10 bits per heavy atom. The van der Waals surface area contributed by atoms with Crippen LogP contribution in [0.25, 0.3) is 0 Å². The minimum absolute atomic E-state index is 0.00117. The molecule has 1 aliphatic heterocycles. The fourth-order valence-corrected chi connectivity index (χ4v) is 2.38. The normalized spacial score (nSPS) is 20.7. The van der Waals surface area contributed by atoms with E-state index in [0.717, 1.165) is 6.07 Å². The van der Waals surface area contributed by atoms with Gasteiger partial charge in [-0.1, -0.05) is 6.07 Å². The van der Waals surface area contributed by atoms with E-state index in [2.05, 4.69) is 0 Å². The maximum atomic E-state index is 13.8. The lowest BCUT2D eigenvalue weighted by Crippen LogP contribution is -2.42. The fraction of sp³-hybridized carbons (Fsp3) is 0.571. The van der Waals surface area contributed by atoms with Crippen LogP contribution in [0.5, 0.6) is 0 Å². The van der Waals surface area contributed by atoms with Crippen molar-refractivity contribution in [3.8, 4) is 0 Å². The highest BCUT2D eigenvalue weighted by Gasteiger charge is 2.31. The third-order valence-corrected chi connectivity index (χ3v) is 3.49. The van der Waals surface area contributed by atoms with E-state index in [0.29, 0.717) is 38.7 Å². The molecule has 0 amide bonds. The van der Waals surface area contributed by atoms with Crippen LogP contribution in [0.4, 0.5) is 17.6 Å². The van der Waals surface area contributed by atoms with E-state index < -0.39 is 17.6 Å². The van der Waals surface area contributed by atoms with Crippen molar-refractivity contribution in [2.45, 2.75) is 25.2 Å². The molecule has 0 aliphatic carbocycles. The average molecular weight is 306 g/mol. The first kappa shape index (κ1) is 16.2. The molecule has 0 unspecified atom stereocenters. The quantitative estimate of drug-likeness (QED) is 0.868. The SMILES string of the molecule is NCC[C@H]1CN(Cc2ccc(C(F)(F)F)cc2F)CCO1. The van der Waals surface area contributed by atoms with Gasteiger partial charge < -0.3 is 10.5 Å². The zero-order chi connectivity index (χ0) is 15.5. The first-order chi connectivity index (χ1) is 9.90. The number of alkyl halides is 3. The van der Waals surface area contributed by atoms with E-state index in [-0.39, 0.29) is 18.2 Å². The maximum absolute atomic E-state index is 13.8. The first-order valence-corrected chi connectivity index (χ1v) is 6.80. The van der Waals surface area contributed by atoms with Gasteiger partial charge in [-0.05, 0) is 25.1 Å². The van der Waals surface area contributed by atoms with Crippen molar-refractivity contribution in [2.75, 3.05) is 26.2 Å². The third-order valence-electron chi connectivity index (χ3n) is 3.49. The molecule has 1 aliphatic rings. The summed E-state index contributed by atoms with van der Waals surface area (Å²) in [6.07, 6.45) is -3.81. The number of morpholine rings is 1. The van der Waals surface area contributed by atoms with Crippen LogP contribution in [0.3, 0.4) is 0 Å². The molecule has 7 heteroatoms. The molecular weight excluding hydrogens is 288 g/mol. The van der Waals surface area contributed by atoms with Gasteiger partial charge >= 0.3 is 6.18 Å². The van der Waals surface area contributed by atoms with E-state index in [1.54, 1.807) is 0 Å². The van der Waals surface area contributed by atoms with Crippen LogP contribution in [0, 0.1) is 5.82 Å². The Morgan fingerprint density at radius 1 is 1.33 bits per heavy atom. The summed E-state index contributed by atoms with van der Waals surface area (Å²) in [6.45, 7) is 2.54. The molecule has 1 aromatic rings. The van der Waals surface area contributed by atoms with Gasteiger partial charge in [-0.15, -0.1) is 0 Å². The van der Waals surface area contributed by atoms with E-state index in [1.807, 2.05) is 4.90 Å². The number of hydrogen-bond donors (Lipinski definition) is 1. The molecule has 1 heterocycles. The van der Waals surface area contributed by atoms with Gasteiger partial charge in [-0.3, -0.25) is 4.90 Å². The zero-order valence-corrected chi connectivity index (χ0v) is 11.5. The Morgan fingerprint density at radius 3 is 2.71 bits per heavy atom. The molecule has 1 atom stereocenters. The molecule has 0 radical (unpaired) electrons. The summed E-state index contributed by atoms with van der Waals surface area (Å²) >= 11 is 0. The Labute approximate surface area is 120 Å². The van der Waals surface area contributed by atoms with Crippen LogP contribution >= 0.6 is 0 Å². The molecular formula is C14H18F4N2O. The topological polar surface area (TPSA) is 38.5 Å². The maximum Gasteiger partial charge on any atom is 0.416 e. The second-order valence-electron chi connectivity index (χ2n) is 5.11. The highest BCUT2D eigenvalue weighted by molar-refractivity contribution is 5.26. The van der Waals surface area contributed by atoms with Crippen LogP contribution in [-0.2, 0) is 17.5 Å². The van der Waals surface area contributed by atoms with Crippen molar-refractivity contribution in [2.24, 2.45) is 5.73 Å². The second kappa shape index (κ2) is 6.72. The van der Waals surface area contributed by atoms with E-state index in [1.165, 1.54) is 6.07 Å². The zero-order valence-electron chi connectivity index (χ0n) is 11.5. The molecule has 0 aromatic heterocycles. The summed E-state index contributed by atoms with van der Waals surface area (Å²) < 4.78 is 56.8. The predicted molar refractivity (Wildman–Crippen MR) is 70.1 cm³/mol. The van der Waals surface area contributed by atoms with Crippen LogP contribution in [0.2, 0.25) is 0 Å². The fourth-order valence-electron chi connectivity index (χ4n) is 2.38. The highest BCUT2D eigenvalue weighted by Crippen LogP contribution is 2.30. The molecule has 2 rings (SSSR count). The summed E-state index contributed by atoms with van der Waals surface area (Å²) in [5.74, 6) is -0.827. The van der Waals surface area contributed by atoms with E-state index in [4.69, 9.17) is 10.5 Å².